The molecule has 34 heavy (non-hydrogen) atoms. The number of ether oxygens (including phenoxy) is 2. The number of phosphoric ester groups is 2. The van der Waals surface area contributed by atoms with Crippen LogP contribution in [0.3, 0.4) is 0 Å². The zero-order valence-corrected chi connectivity index (χ0v) is 19.3. The summed E-state index contributed by atoms with van der Waals surface area (Å²) in [6, 6.07) is 0.0665. The monoisotopic (exact) mass is 532 g/mol. The van der Waals surface area contributed by atoms with E-state index in [0.717, 1.165) is 16.8 Å². The van der Waals surface area contributed by atoms with Crippen LogP contribution in [0.15, 0.2) is 21.9 Å². The molecule has 0 amide bonds. The van der Waals surface area contributed by atoms with E-state index < -0.39 is 82.6 Å². The van der Waals surface area contributed by atoms with Gasteiger partial charge in [-0.2, -0.15) is 0 Å². The molecule has 0 aromatic carbocycles. The predicted molar refractivity (Wildman–Crippen MR) is 106 cm³/mol. The van der Waals surface area contributed by atoms with E-state index in [4.69, 9.17) is 15.2 Å². The molecule has 2 fully saturated rings. The van der Waals surface area contributed by atoms with Crippen molar-refractivity contribution in [2.45, 2.75) is 62.4 Å². The van der Waals surface area contributed by atoms with E-state index in [1.165, 1.54) is 6.92 Å². The molecule has 3 heterocycles. The topological polar surface area (TPSA) is 265 Å². The predicted octanol–water partition coefficient (Wildman–Crippen LogP) is -3.40. The highest BCUT2D eigenvalue weighted by Gasteiger charge is 2.46. The van der Waals surface area contributed by atoms with Crippen LogP contribution in [0.5, 0.6) is 0 Å². The summed E-state index contributed by atoms with van der Waals surface area (Å²) >= 11 is 0. The van der Waals surface area contributed by atoms with Gasteiger partial charge in [0.1, 0.15) is 24.4 Å². The van der Waals surface area contributed by atoms with Gasteiger partial charge in [-0.25, -0.2) is 13.7 Å². The Kier molecular flexibility index (Phi) is 8.32. The summed E-state index contributed by atoms with van der Waals surface area (Å²) in [5.74, 6) is 0. The second-order valence-electron chi connectivity index (χ2n) is 7.67. The molecule has 0 radical (unpaired) electrons. The lowest BCUT2D eigenvalue weighted by Crippen LogP contribution is -2.52. The Labute approximate surface area is 190 Å². The fraction of sp³-hybridized carbons (Fsp3) is 0.733. The van der Waals surface area contributed by atoms with Crippen molar-refractivity contribution in [2.24, 2.45) is 5.73 Å². The maximum atomic E-state index is 12.1. The van der Waals surface area contributed by atoms with Crippen LogP contribution in [0, 0.1) is 0 Å². The Morgan fingerprint density at radius 3 is 2.56 bits per heavy atom. The molecule has 194 valence electrons. The summed E-state index contributed by atoms with van der Waals surface area (Å²) in [7, 11) is -11.0. The Morgan fingerprint density at radius 1 is 1.24 bits per heavy atom. The minimum Gasteiger partial charge on any atom is -0.756 e. The first-order valence-electron chi connectivity index (χ1n) is 9.79. The summed E-state index contributed by atoms with van der Waals surface area (Å²) < 4.78 is 48.4. The molecule has 7 N–H and O–H groups in total. The van der Waals surface area contributed by atoms with Gasteiger partial charge in [0.05, 0.1) is 12.7 Å². The number of aromatic amines is 1. The Balaban J connectivity index is 1.60. The molecule has 10 atom stereocenters. The molecule has 1 aromatic rings. The molecule has 0 spiro atoms. The van der Waals surface area contributed by atoms with Crippen LogP contribution in [0.4, 0.5) is 0 Å². The van der Waals surface area contributed by atoms with Crippen molar-refractivity contribution in [1.82, 2.24) is 9.55 Å². The zero-order chi connectivity index (χ0) is 25.4. The van der Waals surface area contributed by atoms with E-state index >= 15 is 0 Å². The molecule has 3 rings (SSSR count). The Hall–Kier alpha value is -1.30. The van der Waals surface area contributed by atoms with Gasteiger partial charge in [0.2, 0.25) is 0 Å². The van der Waals surface area contributed by atoms with E-state index in [-0.39, 0.29) is 6.42 Å². The van der Waals surface area contributed by atoms with Crippen molar-refractivity contribution in [3.63, 3.8) is 0 Å². The molecule has 2 aliphatic rings. The first kappa shape index (κ1) is 27.3. The summed E-state index contributed by atoms with van der Waals surface area (Å²) in [4.78, 5) is 46.8. The molecule has 19 heteroatoms. The quantitative estimate of drug-likeness (QED) is 0.178. The lowest BCUT2D eigenvalue weighted by atomic mass is 10.0. The van der Waals surface area contributed by atoms with Crippen LogP contribution in [-0.2, 0) is 32.0 Å². The molecule has 0 saturated carbocycles. The maximum Gasteiger partial charge on any atom is 0.478 e. The molecule has 2 aliphatic heterocycles. The fourth-order valence-corrected chi connectivity index (χ4v) is 5.48. The number of hydrogen-bond acceptors (Lipinski definition) is 14. The lowest BCUT2D eigenvalue weighted by Gasteiger charge is -2.38. The van der Waals surface area contributed by atoms with Crippen molar-refractivity contribution in [2.75, 3.05) is 6.61 Å². The van der Waals surface area contributed by atoms with Crippen LogP contribution >= 0.6 is 15.6 Å². The van der Waals surface area contributed by atoms with Gasteiger partial charge in [0.15, 0.2) is 12.5 Å². The van der Waals surface area contributed by atoms with Crippen molar-refractivity contribution in [3.05, 3.63) is 33.1 Å². The minimum atomic E-state index is -5.59. The van der Waals surface area contributed by atoms with Gasteiger partial charge in [-0.15, -0.1) is 0 Å². The number of phosphoric acid groups is 2. The van der Waals surface area contributed by atoms with E-state index in [0.29, 0.717) is 0 Å². The summed E-state index contributed by atoms with van der Waals surface area (Å²) in [5.41, 5.74) is 3.96. The Bertz CT molecular complexity index is 1080. The number of hydrogen-bond donors (Lipinski definition) is 6. The van der Waals surface area contributed by atoms with Crippen LogP contribution < -0.4 is 21.9 Å². The summed E-state index contributed by atoms with van der Waals surface area (Å²) in [5, 5.41) is 30.1. The van der Waals surface area contributed by atoms with Gasteiger partial charge < -0.3 is 40.3 Å². The minimum absolute atomic E-state index is 0.203. The smallest absolute Gasteiger partial charge is 0.478 e. The van der Waals surface area contributed by atoms with Crippen LogP contribution in [0.1, 0.15) is 19.6 Å². The average molecular weight is 532 g/mol. The first-order chi connectivity index (χ1) is 15.7. The van der Waals surface area contributed by atoms with E-state index in [9.17, 15) is 43.8 Å². The molecule has 17 nitrogen and oxygen atoms in total. The maximum absolute atomic E-state index is 12.1. The number of aliphatic hydroxyl groups is 3. The number of aliphatic hydroxyl groups excluding tert-OH is 3. The third-order valence-electron chi connectivity index (χ3n) is 4.99. The largest absolute Gasteiger partial charge is 0.756 e. The normalized spacial score (nSPS) is 37.7. The van der Waals surface area contributed by atoms with Crippen molar-refractivity contribution < 1.29 is 57.1 Å². The molecular weight excluding hydrogens is 508 g/mol. The third-order valence-corrected chi connectivity index (χ3v) is 7.56. The van der Waals surface area contributed by atoms with Gasteiger partial charge >= 0.3 is 13.5 Å². The number of rotatable bonds is 8. The number of nitrogens with two attached hydrogens (primary N) is 1. The number of nitrogens with zero attached hydrogens (tertiary/aromatic N) is 1. The van der Waals surface area contributed by atoms with Crippen LogP contribution in [0.2, 0.25) is 0 Å². The SMILES string of the molecule is CC1CC(N)C(O)C(OP(=O)([O-])OP(=O)(O)OCC2OC(n3ccc(=O)[nH]c3=O)C(O)C2O)O1. The standard InChI is InChI=1S/C15H25N3O14P2/c1-6-4-7(16)10(20)14(29-6)31-34(26,27)32-33(24,25)28-5-8-11(21)12(22)13(30-8)18-3-2-9(19)17-15(18)23/h2-3,6-8,10-14,20-22H,4-5,16H2,1H3,(H,24,25)(H,26,27)(H,17,19,23)/p-1. The molecule has 0 aliphatic carbocycles. The van der Waals surface area contributed by atoms with E-state index in [1.54, 1.807) is 0 Å². The highest BCUT2D eigenvalue weighted by molar-refractivity contribution is 7.60. The second-order valence-corrected chi connectivity index (χ2v) is 10.6. The molecule has 1 aromatic heterocycles. The number of H-pyrrole nitrogens is 1. The molecule has 0 bridgehead atoms. The first-order valence-corrected chi connectivity index (χ1v) is 12.7. The molecule has 2 saturated heterocycles. The third kappa shape index (κ3) is 6.47. The highest BCUT2D eigenvalue weighted by atomic mass is 31.3. The summed E-state index contributed by atoms with van der Waals surface area (Å²) in [6.45, 7) is 0.569. The van der Waals surface area contributed by atoms with Crippen molar-refractivity contribution in [1.29, 1.82) is 0 Å². The second kappa shape index (κ2) is 10.4. The van der Waals surface area contributed by atoms with Gasteiger partial charge in [0.25, 0.3) is 13.4 Å². The van der Waals surface area contributed by atoms with Gasteiger partial charge in [-0.3, -0.25) is 28.0 Å². The summed E-state index contributed by atoms with van der Waals surface area (Å²) in [6.07, 6.45) is -9.25. The van der Waals surface area contributed by atoms with Gasteiger partial charge in [-0.05, 0) is 13.3 Å². The van der Waals surface area contributed by atoms with Crippen molar-refractivity contribution in [3.8, 4) is 0 Å². The lowest BCUT2D eigenvalue weighted by molar-refractivity contribution is -0.265. The van der Waals surface area contributed by atoms with Gasteiger partial charge in [-0.1, -0.05) is 0 Å². The van der Waals surface area contributed by atoms with E-state index in [1.807, 2.05) is 4.98 Å². The highest BCUT2D eigenvalue weighted by Crippen LogP contribution is 2.59. The Morgan fingerprint density at radius 2 is 1.91 bits per heavy atom. The van der Waals surface area contributed by atoms with Gasteiger partial charge in [0, 0.05) is 18.3 Å². The fourth-order valence-electron chi connectivity index (χ4n) is 3.37. The number of aromatic nitrogens is 2. The number of nitrogens with one attached hydrogen (secondary N) is 1. The van der Waals surface area contributed by atoms with E-state index in [2.05, 4.69) is 13.4 Å². The van der Waals surface area contributed by atoms with Crippen LogP contribution in [0.25, 0.3) is 0 Å². The zero-order valence-electron chi connectivity index (χ0n) is 17.5. The molecular formula is C15H24N3O14P2-. The molecule has 10 unspecified atom stereocenters. The van der Waals surface area contributed by atoms with Crippen LogP contribution in [-0.4, -0.2) is 79.2 Å². The van der Waals surface area contributed by atoms with Crippen molar-refractivity contribution >= 4 is 15.6 Å². The average Bonchev–Trinajstić information content (AvgIpc) is 2.97.